The van der Waals surface area contributed by atoms with E-state index in [1.54, 1.807) is 0 Å². The summed E-state index contributed by atoms with van der Waals surface area (Å²) in [5, 5.41) is -0.348. The van der Waals surface area contributed by atoms with E-state index in [1.165, 1.54) is 6.08 Å². The van der Waals surface area contributed by atoms with Crippen molar-refractivity contribution in [2.45, 2.75) is 5.25 Å². The zero-order chi connectivity index (χ0) is 15.8. The molecule has 114 valence electrons. The fourth-order valence-electron chi connectivity index (χ4n) is 2.14. The van der Waals surface area contributed by atoms with Crippen molar-refractivity contribution >= 4 is 17.1 Å². The second-order valence-electron chi connectivity index (χ2n) is 4.70. The van der Waals surface area contributed by atoms with E-state index >= 15 is 0 Å². The van der Waals surface area contributed by atoms with E-state index in [0.717, 1.165) is 11.1 Å². The van der Waals surface area contributed by atoms with Crippen molar-refractivity contribution < 1.29 is 14.1 Å². The van der Waals surface area contributed by atoms with Crippen LogP contribution in [0.4, 0.5) is 0 Å². The largest absolute Gasteiger partial charge is 0.615 e. The van der Waals surface area contributed by atoms with Crippen LogP contribution in [0.1, 0.15) is 16.4 Å². The van der Waals surface area contributed by atoms with Crippen LogP contribution in [-0.2, 0) is 20.7 Å². The van der Waals surface area contributed by atoms with Gasteiger partial charge in [0, 0.05) is 11.1 Å². The molecule has 0 amide bonds. The Hall–Kier alpha value is -2.04. The Morgan fingerprint density at radius 3 is 2.05 bits per heavy atom. The first-order chi connectivity index (χ1) is 10.7. The van der Waals surface area contributed by atoms with Crippen molar-refractivity contribution in [1.82, 2.24) is 0 Å². The van der Waals surface area contributed by atoms with Gasteiger partial charge in [-0.05, 0) is 11.2 Å². The number of hydrogen-bond donors (Lipinski definition) is 0. The van der Waals surface area contributed by atoms with Crippen molar-refractivity contribution in [3.63, 3.8) is 0 Å². The standard InChI is InChI=1S/C18H18O3S/c1-2-13-21-17(19)14-22(20)18(15-9-5-3-6-10-15)16-11-7-4-8-12-16/h2-12,18H,1,13-14H2. The molecule has 3 nitrogen and oxygen atoms in total. The van der Waals surface area contributed by atoms with Crippen LogP contribution in [0.25, 0.3) is 0 Å². The molecule has 0 aliphatic rings. The number of rotatable bonds is 7. The van der Waals surface area contributed by atoms with Gasteiger partial charge in [0.15, 0.2) is 5.25 Å². The fraction of sp³-hybridized carbons (Fsp3) is 0.167. The molecular weight excluding hydrogens is 296 g/mol. The average molecular weight is 314 g/mol. The maximum atomic E-state index is 12.7. The van der Waals surface area contributed by atoms with E-state index < -0.39 is 17.1 Å². The molecule has 0 saturated heterocycles. The highest BCUT2D eigenvalue weighted by Crippen LogP contribution is 2.30. The topological polar surface area (TPSA) is 49.4 Å². The quantitative estimate of drug-likeness (QED) is 0.448. The predicted molar refractivity (Wildman–Crippen MR) is 88.9 cm³/mol. The molecule has 22 heavy (non-hydrogen) atoms. The number of benzene rings is 2. The fourth-order valence-corrected chi connectivity index (χ4v) is 3.55. The van der Waals surface area contributed by atoms with Gasteiger partial charge in [0.25, 0.3) is 0 Å². The summed E-state index contributed by atoms with van der Waals surface area (Å²) in [6.45, 7) is 3.63. The van der Waals surface area contributed by atoms with E-state index in [0.29, 0.717) is 0 Å². The summed E-state index contributed by atoms with van der Waals surface area (Å²) < 4.78 is 17.6. The Kier molecular flexibility index (Phi) is 6.25. The maximum absolute atomic E-state index is 12.7. The van der Waals surface area contributed by atoms with Gasteiger partial charge in [-0.3, -0.25) is 0 Å². The van der Waals surface area contributed by atoms with Gasteiger partial charge >= 0.3 is 5.97 Å². The highest BCUT2D eigenvalue weighted by atomic mass is 32.2. The van der Waals surface area contributed by atoms with E-state index in [1.807, 2.05) is 60.7 Å². The minimum absolute atomic E-state index is 0.136. The third-order valence-electron chi connectivity index (χ3n) is 3.09. The molecule has 0 spiro atoms. The summed E-state index contributed by atoms with van der Waals surface area (Å²) in [5.41, 5.74) is 1.84. The van der Waals surface area contributed by atoms with Crippen LogP contribution in [0.15, 0.2) is 73.3 Å². The van der Waals surface area contributed by atoms with Crippen LogP contribution >= 0.6 is 0 Å². The number of hydrogen-bond acceptors (Lipinski definition) is 3. The summed E-state index contributed by atoms with van der Waals surface area (Å²) in [5.74, 6) is -0.613. The molecule has 0 fully saturated rings. The summed E-state index contributed by atoms with van der Waals surface area (Å²) in [4.78, 5) is 11.7. The molecule has 2 aromatic carbocycles. The lowest BCUT2D eigenvalue weighted by Crippen LogP contribution is -2.24. The van der Waals surface area contributed by atoms with Crippen LogP contribution in [0, 0.1) is 0 Å². The normalized spacial score (nSPS) is 11.9. The van der Waals surface area contributed by atoms with E-state index in [9.17, 15) is 9.35 Å². The van der Waals surface area contributed by atoms with Gasteiger partial charge in [-0.2, -0.15) is 0 Å². The van der Waals surface area contributed by atoms with Gasteiger partial charge in [0.2, 0.25) is 5.75 Å². The zero-order valence-corrected chi connectivity index (χ0v) is 13.0. The lowest BCUT2D eigenvalue weighted by atomic mass is 10.0. The molecule has 0 aromatic heterocycles. The van der Waals surface area contributed by atoms with Gasteiger partial charge in [-0.15, -0.1) is 0 Å². The van der Waals surface area contributed by atoms with Crippen LogP contribution in [0.2, 0.25) is 0 Å². The SMILES string of the molecule is C=CCOC(=O)C[S+]([O-])C(c1ccccc1)c1ccccc1. The molecular formula is C18H18O3S. The molecule has 0 saturated carbocycles. The van der Waals surface area contributed by atoms with Crippen LogP contribution in [-0.4, -0.2) is 22.9 Å². The summed E-state index contributed by atoms with van der Waals surface area (Å²) in [6, 6.07) is 19.1. The number of ether oxygens (including phenoxy) is 1. The molecule has 0 radical (unpaired) electrons. The Morgan fingerprint density at radius 2 is 1.59 bits per heavy atom. The minimum Gasteiger partial charge on any atom is -0.615 e. The predicted octanol–water partition coefficient (Wildman–Crippen LogP) is 3.25. The first-order valence-electron chi connectivity index (χ1n) is 6.96. The third kappa shape index (κ3) is 4.48. The molecule has 4 heteroatoms. The highest BCUT2D eigenvalue weighted by Gasteiger charge is 2.29. The Labute approximate surface area is 133 Å². The van der Waals surface area contributed by atoms with Gasteiger partial charge in [0.05, 0.1) is 0 Å². The van der Waals surface area contributed by atoms with Crippen LogP contribution < -0.4 is 0 Å². The number of esters is 1. The van der Waals surface area contributed by atoms with Crippen molar-refractivity contribution in [2.24, 2.45) is 0 Å². The van der Waals surface area contributed by atoms with Crippen molar-refractivity contribution in [2.75, 3.05) is 12.4 Å². The van der Waals surface area contributed by atoms with Crippen molar-refractivity contribution in [3.8, 4) is 0 Å². The summed E-state index contributed by atoms with van der Waals surface area (Å²) in [7, 11) is 0. The van der Waals surface area contributed by atoms with E-state index in [-0.39, 0.29) is 17.6 Å². The monoisotopic (exact) mass is 314 g/mol. The molecule has 1 atom stereocenters. The van der Waals surface area contributed by atoms with Gasteiger partial charge in [0.1, 0.15) is 6.61 Å². The second-order valence-corrected chi connectivity index (χ2v) is 6.22. The Balaban J connectivity index is 2.21. The third-order valence-corrected chi connectivity index (χ3v) is 4.68. The highest BCUT2D eigenvalue weighted by molar-refractivity contribution is 7.92. The van der Waals surface area contributed by atoms with E-state index in [2.05, 4.69) is 6.58 Å². The van der Waals surface area contributed by atoms with Crippen molar-refractivity contribution in [3.05, 3.63) is 84.4 Å². The van der Waals surface area contributed by atoms with Gasteiger partial charge in [-0.25, -0.2) is 4.79 Å². The summed E-state index contributed by atoms with van der Waals surface area (Å²) >= 11 is -1.40. The molecule has 0 aliphatic heterocycles. The second kappa shape index (κ2) is 8.41. The lowest BCUT2D eigenvalue weighted by molar-refractivity contribution is -0.139. The van der Waals surface area contributed by atoms with Gasteiger partial charge < -0.3 is 9.29 Å². The van der Waals surface area contributed by atoms with Gasteiger partial charge in [-0.1, -0.05) is 73.3 Å². The van der Waals surface area contributed by atoms with Crippen molar-refractivity contribution in [1.29, 1.82) is 0 Å². The smallest absolute Gasteiger partial charge is 0.356 e. The zero-order valence-electron chi connectivity index (χ0n) is 12.2. The lowest BCUT2D eigenvalue weighted by Gasteiger charge is -2.22. The number of carbonyl (C=O) groups is 1. The molecule has 0 heterocycles. The van der Waals surface area contributed by atoms with Crippen LogP contribution in [0.5, 0.6) is 0 Å². The molecule has 0 bridgehead atoms. The minimum atomic E-state index is -1.40. The molecule has 1 unspecified atom stereocenters. The maximum Gasteiger partial charge on any atom is 0.356 e. The van der Waals surface area contributed by atoms with Crippen LogP contribution in [0.3, 0.4) is 0 Å². The first-order valence-corrected chi connectivity index (χ1v) is 8.34. The summed E-state index contributed by atoms with van der Waals surface area (Å²) in [6.07, 6.45) is 1.49. The first kappa shape index (κ1) is 16.3. The average Bonchev–Trinajstić information content (AvgIpc) is 2.55. The molecule has 2 rings (SSSR count). The Bertz CT molecular complexity index is 559. The molecule has 0 aliphatic carbocycles. The van der Waals surface area contributed by atoms with E-state index in [4.69, 9.17) is 4.74 Å². The number of carbonyl (C=O) groups excluding carboxylic acids is 1. The Morgan fingerprint density at radius 1 is 1.09 bits per heavy atom. The molecule has 0 N–H and O–H groups in total. The molecule has 2 aromatic rings.